The highest BCUT2D eigenvalue weighted by Gasteiger charge is 2.32. The highest BCUT2D eigenvalue weighted by Crippen LogP contribution is 2.28. The average Bonchev–Trinajstić information content (AvgIpc) is 2.96. The van der Waals surface area contributed by atoms with E-state index in [4.69, 9.17) is 4.74 Å². The number of ether oxygens (including phenoxy) is 1. The SMILES string of the molecule is COCC1(CNC(=O)c2cc(C(C)C)[nH]n2)CCNCC1. The van der Waals surface area contributed by atoms with Crippen LogP contribution in [-0.2, 0) is 4.74 Å². The summed E-state index contributed by atoms with van der Waals surface area (Å²) in [7, 11) is 1.72. The number of piperidine rings is 1. The minimum absolute atomic E-state index is 0.0346. The molecule has 1 aromatic heterocycles. The van der Waals surface area contributed by atoms with Crippen LogP contribution in [0.25, 0.3) is 0 Å². The summed E-state index contributed by atoms with van der Waals surface area (Å²) in [6.45, 7) is 7.38. The molecule has 3 N–H and O–H groups in total. The summed E-state index contributed by atoms with van der Waals surface area (Å²) >= 11 is 0. The van der Waals surface area contributed by atoms with E-state index in [9.17, 15) is 4.79 Å². The van der Waals surface area contributed by atoms with E-state index in [0.29, 0.717) is 24.8 Å². The number of methoxy groups -OCH3 is 1. The van der Waals surface area contributed by atoms with Gasteiger partial charge < -0.3 is 15.4 Å². The number of aromatic nitrogens is 2. The molecule has 1 aromatic rings. The lowest BCUT2D eigenvalue weighted by Crippen LogP contribution is -2.47. The molecule has 6 nitrogen and oxygen atoms in total. The highest BCUT2D eigenvalue weighted by molar-refractivity contribution is 5.92. The van der Waals surface area contributed by atoms with Crippen molar-refractivity contribution in [2.75, 3.05) is 33.4 Å². The summed E-state index contributed by atoms with van der Waals surface area (Å²) in [6.07, 6.45) is 2.03. The van der Waals surface area contributed by atoms with Crippen LogP contribution in [0.1, 0.15) is 48.8 Å². The second kappa shape index (κ2) is 7.04. The molecule has 21 heavy (non-hydrogen) atoms. The fraction of sp³-hybridized carbons (Fsp3) is 0.733. The zero-order chi connectivity index (χ0) is 15.3. The molecule has 2 heterocycles. The zero-order valence-corrected chi connectivity index (χ0v) is 13.2. The Morgan fingerprint density at radius 1 is 1.48 bits per heavy atom. The van der Waals surface area contributed by atoms with E-state index in [1.165, 1.54) is 0 Å². The fourth-order valence-corrected chi connectivity index (χ4v) is 2.74. The predicted octanol–water partition coefficient (Wildman–Crippen LogP) is 1.28. The minimum atomic E-state index is -0.118. The van der Waals surface area contributed by atoms with Crippen LogP contribution in [0.15, 0.2) is 6.07 Å². The lowest BCUT2D eigenvalue weighted by Gasteiger charge is -2.37. The number of carbonyl (C=O) groups excluding carboxylic acids is 1. The first-order chi connectivity index (χ1) is 10.1. The van der Waals surface area contributed by atoms with Gasteiger partial charge in [-0.15, -0.1) is 0 Å². The van der Waals surface area contributed by atoms with Crippen molar-refractivity contribution in [1.82, 2.24) is 20.8 Å². The van der Waals surface area contributed by atoms with Crippen molar-refractivity contribution >= 4 is 5.91 Å². The van der Waals surface area contributed by atoms with Crippen molar-refractivity contribution in [2.24, 2.45) is 5.41 Å². The maximum atomic E-state index is 12.2. The van der Waals surface area contributed by atoms with Gasteiger partial charge in [-0.1, -0.05) is 13.8 Å². The Hall–Kier alpha value is -1.40. The Balaban J connectivity index is 1.94. The molecule has 0 aliphatic carbocycles. The maximum Gasteiger partial charge on any atom is 0.271 e. The summed E-state index contributed by atoms with van der Waals surface area (Å²) < 4.78 is 5.36. The van der Waals surface area contributed by atoms with Gasteiger partial charge in [0.1, 0.15) is 5.69 Å². The summed E-state index contributed by atoms with van der Waals surface area (Å²) in [5, 5.41) is 13.4. The molecule has 1 saturated heterocycles. The average molecular weight is 294 g/mol. The van der Waals surface area contributed by atoms with Gasteiger partial charge in [0, 0.05) is 24.8 Å². The van der Waals surface area contributed by atoms with Gasteiger partial charge in [-0.3, -0.25) is 9.89 Å². The van der Waals surface area contributed by atoms with Crippen molar-refractivity contribution < 1.29 is 9.53 Å². The van der Waals surface area contributed by atoms with Crippen molar-refractivity contribution in [3.63, 3.8) is 0 Å². The third-order valence-electron chi connectivity index (χ3n) is 4.19. The fourth-order valence-electron chi connectivity index (χ4n) is 2.74. The van der Waals surface area contributed by atoms with Crippen LogP contribution in [0.2, 0.25) is 0 Å². The summed E-state index contributed by atoms with van der Waals surface area (Å²) in [5.74, 6) is 0.218. The number of carbonyl (C=O) groups is 1. The molecule has 0 spiro atoms. The third-order valence-corrected chi connectivity index (χ3v) is 4.19. The molecule has 0 radical (unpaired) electrons. The maximum absolute atomic E-state index is 12.2. The largest absolute Gasteiger partial charge is 0.384 e. The van der Waals surface area contributed by atoms with Gasteiger partial charge in [-0.25, -0.2) is 0 Å². The number of aromatic amines is 1. The number of H-pyrrole nitrogens is 1. The predicted molar refractivity (Wildman–Crippen MR) is 81.4 cm³/mol. The molecule has 6 heteroatoms. The van der Waals surface area contributed by atoms with Gasteiger partial charge in [0.25, 0.3) is 5.91 Å². The molecule has 1 amide bonds. The third kappa shape index (κ3) is 4.04. The van der Waals surface area contributed by atoms with Gasteiger partial charge >= 0.3 is 0 Å². The topological polar surface area (TPSA) is 79.0 Å². The lowest BCUT2D eigenvalue weighted by molar-refractivity contribution is 0.0510. The van der Waals surface area contributed by atoms with Gasteiger partial charge in [0.05, 0.1) is 6.61 Å². The van der Waals surface area contributed by atoms with Crippen molar-refractivity contribution in [1.29, 1.82) is 0 Å². The van der Waals surface area contributed by atoms with Crippen LogP contribution >= 0.6 is 0 Å². The number of hydrogen-bond acceptors (Lipinski definition) is 4. The van der Waals surface area contributed by atoms with Crippen molar-refractivity contribution in [3.05, 3.63) is 17.5 Å². The Kier molecular flexibility index (Phi) is 5.36. The molecule has 0 aromatic carbocycles. The number of hydrogen-bond donors (Lipinski definition) is 3. The molecule has 1 fully saturated rings. The van der Waals surface area contributed by atoms with Gasteiger partial charge in [0.15, 0.2) is 0 Å². The van der Waals surface area contributed by atoms with E-state index in [0.717, 1.165) is 31.6 Å². The first kappa shape index (κ1) is 16.0. The molecule has 0 unspecified atom stereocenters. The Morgan fingerprint density at radius 2 is 2.19 bits per heavy atom. The first-order valence-electron chi connectivity index (χ1n) is 7.59. The Morgan fingerprint density at radius 3 is 2.76 bits per heavy atom. The van der Waals surface area contributed by atoms with Crippen LogP contribution < -0.4 is 10.6 Å². The second-order valence-electron chi connectivity index (χ2n) is 6.23. The van der Waals surface area contributed by atoms with Gasteiger partial charge in [0.2, 0.25) is 0 Å². The molecule has 0 saturated carbocycles. The minimum Gasteiger partial charge on any atom is -0.384 e. The van der Waals surface area contributed by atoms with Crippen LogP contribution in [0.3, 0.4) is 0 Å². The first-order valence-corrected chi connectivity index (χ1v) is 7.59. The smallest absolute Gasteiger partial charge is 0.271 e. The normalized spacial score (nSPS) is 17.9. The van der Waals surface area contributed by atoms with E-state index in [1.54, 1.807) is 7.11 Å². The molecule has 0 bridgehead atoms. The molecule has 118 valence electrons. The summed E-state index contributed by atoms with van der Waals surface area (Å²) in [6, 6.07) is 1.82. The lowest BCUT2D eigenvalue weighted by atomic mass is 9.79. The van der Waals surface area contributed by atoms with E-state index in [2.05, 4.69) is 34.7 Å². The molecule has 0 atom stereocenters. The van der Waals surface area contributed by atoms with Crippen LogP contribution in [0.5, 0.6) is 0 Å². The molecular formula is C15H26N4O2. The van der Waals surface area contributed by atoms with Crippen LogP contribution in [0, 0.1) is 5.41 Å². The number of rotatable bonds is 6. The van der Waals surface area contributed by atoms with Gasteiger partial charge in [-0.2, -0.15) is 5.10 Å². The van der Waals surface area contributed by atoms with Crippen LogP contribution in [0.4, 0.5) is 0 Å². The van der Waals surface area contributed by atoms with Crippen molar-refractivity contribution in [3.8, 4) is 0 Å². The summed E-state index contributed by atoms with van der Waals surface area (Å²) in [4.78, 5) is 12.2. The molecule has 2 rings (SSSR count). The van der Waals surface area contributed by atoms with E-state index in [1.807, 2.05) is 6.07 Å². The highest BCUT2D eigenvalue weighted by atomic mass is 16.5. The molecule has 1 aliphatic heterocycles. The van der Waals surface area contributed by atoms with E-state index in [-0.39, 0.29) is 11.3 Å². The van der Waals surface area contributed by atoms with E-state index < -0.39 is 0 Å². The summed E-state index contributed by atoms with van der Waals surface area (Å²) in [5.41, 5.74) is 1.47. The standard InChI is InChI=1S/C15H26N4O2/c1-11(2)12-8-13(19-18-12)14(20)17-9-15(10-21-3)4-6-16-7-5-15/h8,11,16H,4-7,9-10H2,1-3H3,(H,17,20)(H,18,19). The molecular weight excluding hydrogens is 268 g/mol. The molecule has 1 aliphatic rings. The number of amides is 1. The van der Waals surface area contributed by atoms with E-state index >= 15 is 0 Å². The number of nitrogens with zero attached hydrogens (tertiary/aromatic N) is 1. The quantitative estimate of drug-likeness (QED) is 0.738. The Labute approximate surface area is 126 Å². The van der Waals surface area contributed by atoms with Crippen molar-refractivity contribution in [2.45, 2.75) is 32.6 Å². The zero-order valence-electron chi connectivity index (χ0n) is 13.2. The number of nitrogens with one attached hydrogen (secondary N) is 3. The monoisotopic (exact) mass is 294 g/mol. The Bertz CT molecular complexity index is 458. The van der Waals surface area contributed by atoms with Gasteiger partial charge in [-0.05, 0) is 37.9 Å². The second-order valence-corrected chi connectivity index (χ2v) is 6.23. The van der Waals surface area contributed by atoms with Crippen LogP contribution in [-0.4, -0.2) is 49.5 Å².